The van der Waals surface area contributed by atoms with E-state index >= 15 is 0 Å². The average molecular weight is 461 g/mol. The lowest BCUT2D eigenvalue weighted by atomic mass is 10.1. The third-order valence-corrected chi connectivity index (χ3v) is 6.30. The van der Waals surface area contributed by atoms with Crippen molar-refractivity contribution in [1.82, 2.24) is 0 Å². The molecule has 0 unspecified atom stereocenters. The van der Waals surface area contributed by atoms with Crippen LogP contribution in [0.4, 0.5) is 5.00 Å². The molecule has 1 aromatic carbocycles. The minimum absolute atomic E-state index is 0.106. The summed E-state index contributed by atoms with van der Waals surface area (Å²) in [6.07, 6.45) is 2.70. The van der Waals surface area contributed by atoms with E-state index in [0.717, 1.165) is 34.2 Å². The van der Waals surface area contributed by atoms with Crippen LogP contribution in [-0.4, -0.2) is 18.5 Å². The second-order valence-corrected chi connectivity index (χ2v) is 8.43. The normalized spacial score (nSPS) is 12.8. The molecule has 2 heterocycles. The first-order valence-electron chi connectivity index (χ1n) is 8.89. The maximum atomic E-state index is 12.9. The molecule has 8 heteroatoms. The Hall–Kier alpha value is -2.45. The fourth-order valence-corrected chi connectivity index (χ4v) is 5.01. The van der Waals surface area contributed by atoms with Crippen LogP contribution in [0.15, 0.2) is 33.2 Å². The predicted molar refractivity (Wildman–Crippen MR) is 110 cm³/mol. The first-order valence-corrected chi connectivity index (χ1v) is 10.5. The van der Waals surface area contributed by atoms with Crippen LogP contribution in [0.3, 0.4) is 0 Å². The number of esters is 1. The first kappa shape index (κ1) is 18.9. The number of rotatable bonds is 4. The molecule has 0 radical (unpaired) electrons. The molecule has 0 aliphatic heterocycles. The Labute approximate surface area is 173 Å². The van der Waals surface area contributed by atoms with Gasteiger partial charge in [0.25, 0.3) is 5.91 Å². The molecule has 0 saturated carbocycles. The summed E-state index contributed by atoms with van der Waals surface area (Å²) in [5, 5.41) is 12.1. The SMILES string of the molecule is CCOC(=O)c1c(NC(=O)c2cc3cc(Br)ccc3oc2=N)sc2c1CCC2. The van der Waals surface area contributed by atoms with E-state index in [1.54, 1.807) is 19.1 Å². The largest absolute Gasteiger partial charge is 0.462 e. The molecule has 0 atom stereocenters. The number of nitrogens with one attached hydrogen (secondary N) is 2. The van der Waals surface area contributed by atoms with Gasteiger partial charge >= 0.3 is 5.97 Å². The van der Waals surface area contributed by atoms with Crippen molar-refractivity contribution in [2.45, 2.75) is 26.2 Å². The van der Waals surface area contributed by atoms with Crippen LogP contribution in [-0.2, 0) is 17.6 Å². The lowest BCUT2D eigenvalue weighted by Gasteiger charge is -2.08. The number of benzene rings is 1. The second kappa shape index (κ2) is 7.52. The zero-order valence-corrected chi connectivity index (χ0v) is 17.5. The zero-order chi connectivity index (χ0) is 19.8. The van der Waals surface area contributed by atoms with Gasteiger partial charge in [-0.2, -0.15) is 0 Å². The van der Waals surface area contributed by atoms with E-state index < -0.39 is 11.9 Å². The van der Waals surface area contributed by atoms with Crippen molar-refractivity contribution in [3.8, 4) is 0 Å². The van der Waals surface area contributed by atoms with E-state index in [4.69, 9.17) is 14.6 Å². The number of carbonyl (C=O) groups excluding carboxylic acids is 2. The highest BCUT2D eigenvalue weighted by Crippen LogP contribution is 2.39. The number of carbonyl (C=O) groups is 2. The number of anilines is 1. The number of amides is 1. The minimum atomic E-state index is -0.485. The van der Waals surface area contributed by atoms with Gasteiger partial charge in [0.15, 0.2) is 0 Å². The van der Waals surface area contributed by atoms with Crippen molar-refractivity contribution in [3.63, 3.8) is 0 Å². The van der Waals surface area contributed by atoms with Crippen LogP contribution in [0.1, 0.15) is 44.5 Å². The van der Waals surface area contributed by atoms with Gasteiger partial charge < -0.3 is 14.5 Å². The van der Waals surface area contributed by atoms with Crippen LogP contribution in [0, 0.1) is 5.41 Å². The highest BCUT2D eigenvalue weighted by Gasteiger charge is 2.28. The standard InChI is InChI=1S/C20H17BrN2O4S/c1-2-26-20(25)16-12-4-3-5-15(12)28-19(16)23-18(24)13-9-10-8-11(21)6-7-14(10)27-17(13)22/h6-9,22H,2-5H2,1H3,(H,23,24). The van der Waals surface area contributed by atoms with Crippen molar-refractivity contribution in [3.05, 3.63) is 55.9 Å². The first-order chi connectivity index (χ1) is 13.5. The fourth-order valence-electron chi connectivity index (χ4n) is 3.36. The summed E-state index contributed by atoms with van der Waals surface area (Å²) in [5.74, 6) is -0.906. The van der Waals surface area contributed by atoms with Gasteiger partial charge in [0.05, 0.1) is 12.2 Å². The van der Waals surface area contributed by atoms with Crippen molar-refractivity contribution >= 4 is 55.1 Å². The number of aryl methyl sites for hydroxylation is 1. The molecule has 0 bridgehead atoms. The summed E-state index contributed by atoms with van der Waals surface area (Å²) in [4.78, 5) is 26.4. The number of hydrogen-bond donors (Lipinski definition) is 2. The van der Waals surface area contributed by atoms with Crippen LogP contribution in [0.25, 0.3) is 11.0 Å². The van der Waals surface area contributed by atoms with Gasteiger partial charge in [-0.15, -0.1) is 11.3 Å². The summed E-state index contributed by atoms with van der Waals surface area (Å²) < 4.78 is 11.5. The maximum Gasteiger partial charge on any atom is 0.341 e. The molecular formula is C20H17BrN2O4S. The molecule has 28 heavy (non-hydrogen) atoms. The Morgan fingerprint density at radius 3 is 2.93 bits per heavy atom. The highest BCUT2D eigenvalue weighted by atomic mass is 79.9. The number of fused-ring (bicyclic) bond motifs is 2. The van der Waals surface area contributed by atoms with Crippen LogP contribution < -0.4 is 10.9 Å². The summed E-state index contributed by atoms with van der Waals surface area (Å²) >= 11 is 4.80. The Bertz CT molecular complexity index is 1160. The Kier molecular flexibility index (Phi) is 5.07. The van der Waals surface area contributed by atoms with Gasteiger partial charge in [-0.25, -0.2) is 4.79 Å². The molecule has 144 valence electrons. The Morgan fingerprint density at radius 2 is 2.14 bits per heavy atom. The predicted octanol–water partition coefficient (Wildman–Crippen LogP) is 4.65. The molecule has 2 N–H and O–H groups in total. The molecule has 1 aliphatic carbocycles. The number of ether oxygens (including phenoxy) is 1. The summed E-state index contributed by atoms with van der Waals surface area (Å²) in [6.45, 7) is 2.02. The monoisotopic (exact) mass is 460 g/mol. The Balaban J connectivity index is 1.71. The van der Waals surface area contributed by atoms with Gasteiger partial charge in [0, 0.05) is 14.7 Å². The molecule has 4 rings (SSSR count). The average Bonchev–Trinajstić information content (AvgIpc) is 3.22. The number of hydrogen-bond acceptors (Lipinski definition) is 6. The van der Waals surface area contributed by atoms with E-state index in [2.05, 4.69) is 21.2 Å². The third-order valence-electron chi connectivity index (χ3n) is 4.60. The van der Waals surface area contributed by atoms with Crippen molar-refractivity contribution in [2.24, 2.45) is 0 Å². The maximum absolute atomic E-state index is 12.9. The number of halogens is 1. The van der Waals surface area contributed by atoms with Crippen molar-refractivity contribution in [2.75, 3.05) is 11.9 Å². The van der Waals surface area contributed by atoms with E-state index in [1.807, 2.05) is 12.1 Å². The van der Waals surface area contributed by atoms with Gasteiger partial charge in [0.1, 0.15) is 16.1 Å². The molecule has 0 saturated heterocycles. The molecular weight excluding hydrogens is 444 g/mol. The van der Waals surface area contributed by atoms with E-state index in [9.17, 15) is 9.59 Å². The van der Waals surface area contributed by atoms with Crippen molar-refractivity contribution < 1.29 is 18.7 Å². The number of thiophene rings is 1. The summed E-state index contributed by atoms with van der Waals surface area (Å²) in [7, 11) is 0. The summed E-state index contributed by atoms with van der Waals surface area (Å²) in [6, 6.07) is 6.98. The summed E-state index contributed by atoms with van der Waals surface area (Å²) in [5.41, 5.74) is 1.81. The quantitative estimate of drug-likeness (QED) is 0.553. The fraction of sp³-hybridized carbons (Fsp3) is 0.250. The van der Waals surface area contributed by atoms with Crippen LogP contribution >= 0.6 is 27.3 Å². The Morgan fingerprint density at radius 1 is 1.32 bits per heavy atom. The molecule has 1 aliphatic rings. The zero-order valence-electron chi connectivity index (χ0n) is 15.1. The van der Waals surface area contributed by atoms with Crippen LogP contribution in [0.2, 0.25) is 0 Å². The van der Waals surface area contributed by atoms with E-state index in [1.165, 1.54) is 11.3 Å². The van der Waals surface area contributed by atoms with Crippen molar-refractivity contribution in [1.29, 1.82) is 5.41 Å². The van der Waals surface area contributed by atoms with Gasteiger partial charge in [-0.3, -0.25) is 10.2 Å². The smallest absolute Gasteiger partial charge is 0.341 e. The second-order valence-electron chi connectivity index (χ2n) is 6.41. The topological polar surface area (TPSA) is 92.4 Å². The molecule has 0 fully saturated rings. The lowest BCUT2D eigenvalue weighted by Crippen LogP contribution is -2.21. The molecule has 0 spiro atoms. The molecule has 6 nitrogen and oxygen atoms in total. The molecule has 2 aromatic heterocycles. The molecule has 1 amide bonds. The van der Waals surface area contributed by atoms with Gasteiger partial charge in [-0.1, -0.05) is 15.9 Å². The van der Waals surface area contributed by atoms with E-state index in [-0.39, 0.29) is 17.7 Å². The van der Waals surface area contributed by atoms with E-state index in [0.29, 0.717) is 21.5 Å². The van der Waals surface area contributed by atoms with Gasteiger partial charge in [0.2, 0.25) is 5.55 Å². The lowest BCUT2D eigenvalue weighted by molar-refractivity contribution is 0.0527. The van der Waals surface area contributed by atoms with Crippen LogP contribution in [0.5, 0.6) is 0 Å². The van der Waals surface area contributed by atoms with Gasteiger partial charge in [-0.05, 0) is 56.0 Å². The highest BCUT2D eigenvalue weighted by molar-refractivity contribution is 9.10. The molecule has 3 aromatic rings. The minimum Gasteiger partial charge on any atom is -0.462 e. The third kappa shape index (κ3) is 3.38.